The summed E-state index contributed by atoms with van der Waals surface area (Å²) >= 11 is 1.59. The maximum atomic E-state index is 13.3. The molecule has 0 spiro atoms. The highest BCUT2D eigenvalue weighted by atomic mass is 32.1. The number of aromatic nitrogens is 4. The second-order valence-corrected chi connectivity index (χ2v) is 13.7. The zero-order chi connectivity index (χ0) is 34.1. The number of aryl methyl sites for hydroxylation is 1. The summed E-state index contributed by atoms with van der Waals surface area (Å²) in [6, 6.07) is 10.5. The Morgan fingerprint density at radius 1 is 0.957 bits per heavy atom. The van der Waals surface area contributed by atoms with E-state index < -0.39 is 5.91 Å². The van der Waals surface area contributed by atoms with Gasteiger partial charge < -0.3 is 9.80 Å². The number of benzene rings is 1. The second-order valence-electron chi connectivity index (χ2n) is 12.8. The summed E-state index contributed by atoms with van der Waals surface area (Å²) in [5.74, 6) is 1.45. The third-order valence-corrected chi connectivity index (χ3v) is 10.3. The monoisotopic (exact) mass is 656 g/mol. The van der Waals surface area contributed by atoms with Crippen LogP contribution < -0.4 is 9.80 Å². The predicted octanol–water partition coefficient (Wildman–Crippen LogP) is 9.02. The number of nitrogens with zero attached hydrogens (tertiary/aromatic N) is 8. The SMILES string of the molecule is CCCCC(CC)CN(CC(CC)CCCC)c1nc(-c2ccc(C)cc2)c(N=C2C(C)=C(C#N)C(=O)n3nc(N(C)CC)nc32)s1. The van der Waals surface area contributed by atoms with Gasteiger partial charge in [-0.2, -0.15) is 14.9 Å². The first-order valence-corrected chi connectivity index (χ1v) is 18.3. The molecule has 252 valence electrons. The van der Waals surface area contributed by atoms with Crippen molar-refractivity contribution >= 4 is 39.0 Å². The smallest absolute Gasteiger partial charge is 0.291 e. The molecule has 0 bridgehead atoms. The Morgan fingerprint density at radius 2 is 1.57 bits per heavy atom. The van der Waals surface area contributed by atoms with Gasteiger partial charge in [-0.05, 0) is 45.4 Å². The number of allylic oxidation sites excluding steroid dienone is 2. The summed E-state index contributed by atoms with van der Waals surface area (Å²) in [5.41, 5.74) is 3.95. The van der Waals surface area contributed by atoms with Gasteiger partial charge in [0.05, 0.1) is 0 Å². The minimum absolute atomic E-state index is 0.0264. The molecule has 0 fully saturated rings. The van der Waals surface area contributed by atoms with Gasteiger partial charge in [-0.1, -0.05) is 107 Å². The van der Waals surface area contributed by atoms with Crippen molar-refractivity contribution < 1.29 is 4.79 Å². The zero-order valence-electron chi connectivity index (χ0n) is 29.6. The fourth-order valence-corrected chi connectivity index (χ4v) is 6.90. The van der Waals surface area contributed by atoms with E-state index in [-0.39, 0.29) is 5.57 Å². The number of nitriles is 1. The van der Waals surface area contributed by atoms with E-state index in [4.69, 9.17) is 15.0 Å². The lowest BCUT2D eigenvalue weighted by Gasteiger charge is -2.30. The highest BCUT2D eigenvalue weighted by Crippen LogP contribution is 2.42. The first kappa shape index (κ1) is 36.0. The first-order chi connectivity index (χ1) is 22.7. The molecule has 1 aliphatic rings. The molecule has 1 aliphatic heterocycles. The Bertz CT molecular complexity index is 1590. The van der Waals surface area contributed by atoms with Gasteiger partial charge in [-0.3, -0.25) is 4.79 Å². The van der Waals surface area contributed by atoms with Crippen molar-refractivity contribution in [1.29, 1.82) is 5.26 Å². The lowest BCUT2D eigenvalue weighted by atomic mass is 9.96. The quantitative estimate of drug-likeness (QED) is 0.143. The lowest BCUT2D eigenvalue weighted by Crippen LogP contribution is -2.34. The molecule has 47 heavy (non-hydrogen) atoms. The molecule has 2 atom stereocenters. The van der Waals surface area contributed by atoms with Crippen LogP contribution in [0, 0.1) is 30.1 Å². The number of fused-ring (bicyclic) bond motifs is 1. The molecule has 0 N–H and O–H groups in total. The number of carbonyl (C=O) groups is 1. The first-order valence-electron chi connectivity index (χ1n) is 17.4. The summed E-state index contributed by atoms with van der Waals surface area (Å²) in [5, 5.41) is 16.2. The normalized spacial score (nSPS) is 15.1. The van der Waals surface area contributed by atoms with Crippen molar-refractivity contribution in [3.8, 4) is 17.3 Å². The molecule has 0 radical (unpaired) electrons. The van der Waals surface area contributed by atoms with Gasteiger partial charge in [0.1, 0.15) is 28.0 Å². The van der Waals surface area contributed by atoms with E-state index in [1.54, 1.807) is 18.3 Å². The average Bonchev–Trinajstić information content (AvgIpc) is 3.72. The van der Waals surface area contributed by atoms with Gasteiger partial charge in [0.25, 0.3) is 5.91 Å². The molecular weight excluding hydrogens is 605 g/mol. The minimum atomic E-state index is -0.479. The standard InChI is InChI=1S/C37H52N8OS/c1-9-14-16-27(11-3)23-44(24-28(12-4)17-15-10-2)37-40-32(29-20-18-25(6)19-21-29)34(47-37)39-31-26(7)30(22-38)35(46)45-33(31)41-36(42-45)43(8)13-5/h18-21,27-28H,9-17,23-24H2,1-8H3. The van der Waals surface area contributed by atoms with Crippen LogP contribution in [-0.2, 0) is 0 Å². The summed E-state index contributed by atoms with van der Waals surface area (Å²) < 4.78 is 1.23. The highest BCUT2D eigenvalue weighted by molar-refractivity contribution is 7.19. The summed E-state index contributed by atoms with van der Waals surface area (Å²) in [6.45, 7) is 17.6. The van der Waals surface area contributed by atoms with Gasteiger partial charge in [0.2, 0.25) is 5.95 Å². The largest absolute Gasteiger partial charge is 0.347 e. The Morgan fingerprint density at radius 3 is 2.11 bits per heavy atom. The lowest BCUT2D eigenvalue weighted by molar-refractivity contribution is 0.0942. The number of thiazole rings is 1. The second kappa shape index (κ2) is 16.8. The van der Waals surface area contributed by atoms with Crippen LogP contribution in [0.5, 0.6) is 0 Å². The summed E-state index contributed by atoms with van der Waals surface area (Å²) in [6.07, 6.45) is 9.53. The fraction of sp³-hybridized carbons (Fsp3) is 0.568. The van der Waals surface area contributed by atoms with Crippen molar-refractivity contribution in [3.63, 3.8) is 0 Å². The van der Waals surface area contributed by atoms with Crippen molar-refractivity contribution in [1.82, 2.24) is 19.7 Å². The van der Waals surface area contributed by atoms with Crippen LogP contribution >= 0.6 is 11.3 Å². The van der Waals surface area contributed by atoms with E-state index in [0.717, 1.165) is 47.3 Å². The summed E-state index contributed by atoms with van der Waals surface area (Å²) in [7, 11) is 1.88. The Labute approximate surface area is 285 Å². The van der Waals surface area contributed by atoms with Crippen molar-refractivity contribution in [2.24, 2.45) is 16.8 Å². The van der Waals surface area contributed by atoms with E-state index >= 15 is 0 Å². The Balaban J connectivity index is 1.90. The Kier molecular flexibility index (Phi) is 12.9. The third kappa shape index (κ3) is 8.36. The van der Waals surface area contributed by atoms with Gasteiger partial charge in [0, 0.05) is 37.8 Å². The fourth-order valence-electron chi connectivity index (χ4n) is 5.92. The molecule has 0 saturated heterocycles. The number of aliphatic imine (C=N–C) groups is 1. The van der Waals surface area contributed by atoms with Crippen molar-refractivity contribution in [3.05, 3.63) is 46.8 Å². The van der Waals surface area contributed by atoms with Gasteiger partial charge in [0.15, 0.2) is 11.0 Å². The van der Waals surface area contributed by atoms with Crippen LogP contribution in [0.4, 0.5) is 16.1 Å². The molecule has 0 aliphatic carbocycles. The average molecular weight is 657 g/mol. The van der Waals surface area contributed by atoms with Crippen LogP contribution in [0.15, 0.2) is 40.4 Å². The number of rotatable bonds is 17. The molecule has 3 heterocycles. The zero-order valence-corrected chi connectivity index (χ0v) is 30.5. The van der Waals surface area contributed by atoms with Gasteiger partial charge in [-0.15, -0.1) is 5.10 Å². The van der Waals surface area contributed by atoms with E-state index in [2.05, 4.69) is 75.0 Å². The molecule has 4 rings (SSSR count). The number of carbonyl (C=O) groups excluding carboxylic acids is 1. The maximum Gasteiger partial charge on any atom is 0.291 e. The van der Waals surface area contributed by atoms with Crippen LogP contribution in [0.25, 0.3) is 11.3 Å². The molecule has 2 aromatic heterocycles. The topological polar surface area (TPSA) is 103 Å². The Hall–Kier alpha value is -3.84. The van der Waals surface area contributed by atoms with Crippen molar-refractivity contribution in [2.45, 2.75) is 99.8 Å². The minimum Gasteiger partial charge on any atom is -0.347 e. The van der Waals surface area contributed by atoms with Gasteiger partial charge >= 0.3 is 0 Å². The molecule has 10 heteroatoms. The van der Waals surface area contributed by atoms with E-state index in [9.17, 15) is 10.1 Å². The number of hydrogen-bond donors (Lipinski definition) is 0. The van der Waals surface area contributed by atoms with E-state index in [1.165, 1.54) is 48.8 Å². The van der Waals surface area contributed by atoms with Crippen molar-refractivity contribution in [2.75, 3.05) is 36.5 Å². The number of hydrogen-bond acceptors (Lipinski definition) is 9. The number of unbranched alkanes of at least 4 members (excludes halogenated alkanes) is 2. The molecule has 9 nitrogen and oxygen atoms in total. The summed E-state index contributed by atoms with van der Waals surface area (Å²) in [4.78, 5) is 33.0. The molecule has 2 unspecified atom stereocenters. The van der Waals surface area contributed by atoms with Crippen LogP contribution in [-0.4, -0.2) is 58.0 Å². The molecule has 0 amide bonds. The van der Waals surface area contributed by atoms with E-state index in [1.807, 2.05) is 18.9 Å². The highest BCUT2D eigenvalue weighted by Gasteiger charge is 2.33. The molecule has 1 aromatic carbocycles. The predicted molar refractivity (Wildman–Crippen MR) is 195 cm³/mol. The van der Waals surface area contributed by atoms with Crippen LogP contribution in [0.1, 0.15) is 109 Å². The molecule has 0 saturated carbocycles. The maximum absolute atomic E-state index is 13.3. The third-order valence-electron chi connectivity index (χ3n) is 9.32. The molecular formula is C37H52N8OS. The number of anilines is 2. The van der Waals surface area contributed by atoms with Crippen LogP contribution in [0.3, 0.4) is 0 Å². The molecule has 3 aromatic rings. The van der Waals surface area contributed by atoms with E-state index in [0.29, 0.717) is 41.4 Å². The van der Waals surface area contributed by atoms with Crippen LogP contribution in [0.2, 0.25) is 0 Å². The van der Waals surface area contributed by atoms with Gasteiger partial charge in [-0.25, -0.2) is 9.98 Å².